The summed E-state index contributed by atoms with van der Waals surface area (Å²) < 4.78 is 47.8. The largest absolute Gasteiger partial charge is 0.491 e. The van der Waals surface area contributed by atoms with Crippen molar-refractivity contribution in [2.75, 3.05) is 33.9 Å². The first-order valence-electron chi connectivity index (χ1n) is 7.47. The summed E-state index contributed by atoms with van der Waals surface area (Å²) in [4.78, 5) is 35.6. The molecule has 8 nitrogen and oxygen atoms in total. The number of hydrogen-bond acceptors (Lipinski definition) is 5. The molecule has 0 fully saturated rings. The Morgan fingerprint density at radius 2 is 1.85 bits per heavy atom. The second-order valence-electron chi connectivity index (χ2n) is 5.17. The van der Waals surface area contributed by atoms with Gasteiger partial charge < -0.3 is 24.0 Å². The van der Waals surface area contributed by atoms with Gasteiger partial charge in [-0.2, -0.15) is 13.2 Å². The predicted octanol–water partition coefficient (Wildman–Crippen LogP) is 1.23. The van der Waals surface area contributed by atoms with Gasteiger partial charge in [-0.25, -0.2) is 4.79 Å². The molecule has 26 heavy (non-hydrogen) atoms. The molecule has 2 heterocycles. The molecule has 0 aromatic carbocycles. The molecule has 1 N–H and O–H groups in total. The van der Waals surface area contributed by atoms with Crippen LogP contribution in [0.5, 0.6) is 5.75 Å². The Labute approximate surface area is 146 Å². The highest BCUT2D eigenvalue weighted by Gasteiger charge is 2.38. The second kappa shape index (κ2) is 8.70. The van der Waals surface area contributed by atoms with Gasteiger partial charge in [0, 0.05) is 33.0 Å². The van der Waals surface area contributed by atoms with Crippen molar-refractivity contribution in [3.05, 3.63) is 27.7 Å². The second-order valence-corrected chi connectivity index (χ2v) is 5.17. The lowest BCUT2D eigenvalue weighted by molar-refractivity contribution is -0.141. The normalized spacial score (nSPS) is 13.6. The minimum atomic E-state index is -4.58. The van der Waals surface area contributed by atoms with E-state index in [9.17, 15) is 27.6 Å². The Morgan fingerprint density at radius 1 is 1.27 bits per heavy atom. The van der Waals surface area contributed by atoms with E-state index in [1.165, 1.54) is 0 Å². The number of halogens is 3. The van der Waals surface area contributed by atoms with E-state index < -0.39 is 41.3 Å². The summed E-state index contributed by atoms with van der Waals surface area (Å²) in [6, 6.07) is 0. The lowest BCUT2D eigenvalue weighted by Gasteiger charge is -2.31. The zero-order valence-electron chi connectivity index (χ0n) is 14.4. The molecule has 0 saturated carbocycles. The molecule has 1 amide bonds. The minimum absolute atomic E-state index is 0.0753. The van der Waals surface area contributed by atoms with E-state index in [1.807, 2.05) is 6.92 Å². The molecule has 11 heteroatoms. The topological polar surface area (TPSA) is 98.1 Å². The molecule has 0 bridgehead atoms. The number of methoxy groups -OCH3 is 2. The monoisotopic (exact) mass is 380 g/mol. The van der Waals surface area contributed by atoms with Gasteiger partial charge in [0.1, 0.15) is 12.1 Å². The Morgan fingerprint density at radius 3 is 2.27 bits per heavy atom. The molecule has 2 rings (SSSR count). The number of carbonyl (C=O) groups excluding carboxylic acids is 1. The smallest absolute Gasteiger partial charge is 0.406 e. The Balaban J connectivity index is 0.000000765. The van der Waals surface area contributed by atoms with Gasteiger partial charge in [0.25, 0.3) is 5.91 Å². The molecule has 0 unspecified atom stereocenters. The first kappa shape index (κ1) is 21.5. The van der Waals surface area contributed by atoms with Crippen LogP contribution in [0.25, 0.3) is 0 Å². The molecule has 1 aromatic rings. The number of carboxylic acid groups (broad SMARTS) is 1. The van der Waals surface area contributed by atoms with Gasteiger partial charge in [0.2, 0.25) is 5.43 Å². The van der Waals surface area contributed by atoms with Crippen LogP contribution in [0, 0.1) is 0 Å². The quantitative estimate of drug-likeness (QED) is 0.844. The summed E-state index contributed by atoms with van der Waals surface area (Å²) in [7, 11) is 2.72. The summed E-state index contributed by atoms with van der Waals surface area (Å²) in [5, 5.41) is 8.94. The standard InChI is InChI=1S/C12H11F3N2O5.C3H8O/c1-22-9-7-10(19)17(5-12(13,14)15)3-2-16(7)4-6(8(9)18)11(20)21;1-3-4-2/h4H,2-3,5H2,1H3,(H,20,21);3H2,1-2H3. The highest BCUT2D eigenvalue weighted by Crippen LogP contribution is 2.24. The van der Waals surface area contributed by atoms with E-state index in [0.717, 1.165) is 24.5 Å². The summed E-state index contributed by atoms with van der Waals surface area (Å²) >= 11 is 0. The highest BCUT2D eigenvalue weighted by molar-refractivity contribution is 5.97. The van der Waals surface area contributed by atoms with Gasteiger partial charge in [-0.15, -0.1) is 0 Å². The number of alkyl halides is 3. The zero-order valence-corrected chi connectivity index (χ0v) is 14.4. The maximum atomic E-state index is 12.4. The third kappa shape index (κ3) is 4.97. The van der Waals surface area contributed by atoms with Crippen LogP contribution in [0.15, 0.2) is 11.0 Å². The van der Waals surface area contributed by atoms with Crippen LogP contribution in [0.4, 0.5) is 13.2 Å². The van der Waals surface area contributed by atoms with Crippen molar-refractivity contribution in [1.82, 2.24) is 9.47 Å². The Hall–Kier alpha value is -2.56. The fourth-order valence-electron chi connectivity index (χ4n) is 2.22. The number of carbonyl (C=O) groups is 2. The van der Waals surface area contributed by atoms with Crippen molar-refractivity contribution >= 4 is 11.9 Å². The van der Waals surface area contributed by atoms with Crippen LogP contribution in [0.1, 0.15) is 27.8 Å². The third-order valence-electron chi connectivity index (χ3n) is 3.43. The first-order valence-corrected chi connectivity index (χ1v) is 7.47. The molecular weight excluding hydrogens is 361 g/mol. The number of ether oxygens (including phenoxy) is 2. The molecule has 0 saturated heterocycles. The highest BCUT2D eigenvalue weighted by atomic mass is 19.4. The first-order chi connectivity index (χ1) is 12.1. The van der Waals surface area contributed by atoms with Gasteiger partial charge >= 0.3 is 12.1 Å². The van der Waals surface area contributed by atoms with Crippen LogP contribution in [0.3, 0.4) is 0 Å². The SMILES string of the molecule is CCOC.COc1c2n(cc(C(=O)O)c1=O)CCN(CC(F)(F)F)C2=O. The maximum Gasteiger partial charge on any atom is 0.406 e. The maximum absolute atomic E-state index is 12.4. The lowest BCUT2D eigenvalue weighted by atomic mass is 10.1. The van der Waals surface area contributed by atoms with Gasteiger partial charge in [-0.3, -0.25) is 9.59 Å². The van der Waals surface area contributed by atoms with Gasteiger partial charge in [0.05, 0.1) is 7.11 Å². The lowest BCUT2D eigenvalue weighted by Crippen LogP contribution is -2.46. The zero-order chi connectivity index (χ0) is 20.1. The molecular formula is C15H19F3N2O6. The number of nitrogens with zero attached hydrogens (tertiary/aromatic N) is 2. The average molecular weight is 380 g/mol. The number of fused-ring (bicyclic) bond motifs is 1. The summed E-state index contributed by atoms with van der Waals surface area (Å²) in [5.74, 6) is -3.12. The van der Waals surface area contributed by atoms with Gasteiger partial charge in [0.15, 0.2) is 11.4 Å². The fourth-order valence-corrected chi connectivity index (χ4v) is 2.22. The predicted molar refractivity (Wildman–Crippen MR) is 83.7 cm³/mol. The van der Waals surface area contributed by atoms with Crippen molar-refractivity contribution in [2.45, 2.75) is 19.6 Å². The van der Waals surface area contributed by atoms with Crippen LogP contribution >= 0.6 is 0 Å². The summed E-state index contributed by atoms with van der Waals surface area (Å²) in [6.45, 7) is 0.994. The molecule has 0 aliphatic carbocycles. The molecule has 1 aromatic heterocycles. The van der Waals surface area contributed by atoms with Gasteiger partial charge in [-0.05, 0) is 6.92 Å². The average Bonchev–Trinajstić information content (AvgIpc) is 2.56. The van der Waals surface area contributed by atoms with Crippen molar-refractivity contribution in [3.8, 4) is 5.75 Å². The molecule has 1 aliphatic heterocycles. The van der Waals surface area contributed by atoms with E-state index in [1.54, 1.807) is 7.11 Å². The Kier molecular flexibility index (Phi) is 7.19. The number of pyridine rings is 1. The molecule has 0 radical (unpaired) electrons. The minimum Gasteiger partial charge on any atom is -0.491 e. The van der Waals surface area contributed by atoms with Gasteiger partial charge in [-0.1, -0.05) is 0 Å². The van der Waals surface area contributed by atoms with Crippen molar-refractivity contribution in [2.24, 2.45) is 0 Å². The molecule has 0 atom stereocenters. The van der Waals surface area contributed by atoms with E-state index in [2.05, 4.69) is 4.74 Å². The van der Waals surface area contributed by atoms with E-state index in [4.69, 9.17) is 9.84 Å². The number of carboxylic acids is 1. The van der Waals surface area contributed by atoms with E-state index in [0.29, 0.717) is 4.90 Å². The van der Waals surface area contributed by atoms with E-state index in [-0.39, 0.29) is 18.8 Å². The Bertz CT molecular complexity index is 727. The molecule has 0 spiro atoms. The van der Waals surface area contributed by atoms with Crippen LogP contribution in [-0.2, 0) is 11.3 Å². The number of aromatic carboxylic acids is 1. The third-order valence-corrected chi connectivity index (χ3v) is 3.43. The summed E-state index contributed by atoms with van der Waals surface area (Å²) in [6.07, 6.45) is -3.64. The number of amides is 1. The fraction of sp³-hybridized carbons (Fsp3) is 0.533. The number of aromatic nitrogens is 1. The van der Waals surface area contributed by atoms with Crippen molar-refractivity contribution < 1.29 is 37.3 Å². The van der Waals surface area contributed by atoms with Crippen molar-refractivity contribution in [1.29, 1.82) is 0 Å². The van der Waals surface area contributed by atoms with Crippen LogP contribution < -0.4 is 10.2 Å². The molecule has 146 valence electrons. The number of rotatable bonds is 4. The van der Waals surface area contributed by atoms with Crippen molar-refractivity contribution in [3.63, 3.8) is 0 Å². The van der Waals surface area contributed by atoms with Crippen LogP contribution in [0.2, 0.25) is 0 Å². The number of hydrogen-bond donors (Lipinski definition) is 1. The summed E-state index contributed by atoms with van der Waals surface area (Å²) in [5.41, 5.74) is -2.05. The van der Waals surface area contributed by atoms with E-state index >= 15 is 0 Å². The van der Waals surface area contributed by atoms with Crippen LogP contribution in [-0.4, -0.2) is 66.5 Å². The molecule has 1 aliphatic rings.